The van der Waals surface area contributed by atoms with Crippen molar-refractivity contribution in [3.8, 4) is 0 Å². The van der Waals surface area contributed by atoms with Crippen LogP contribution < -0.4 is 10.6 Å². The van der Waals surface area contributed by atoms with Gasteiger partial charge in [-0.25, -0.2) is 9.38 Å². The molecule has 0 aliphatic carbocycles. The molecule has 1 unspecified atom stereocenters. The summed E-state index contributed by atoms with van der Waals surface area (Å²) >= 11 is 3.32. The summed E-state index contributed by atoms with van der Waals surface area (Å²) in [6.45, 7) is 9.44. The quantitative estimate of drug-likeness (QED) is 0.550. The normalized spacial score (nSPS) is 13.0. The minimum absolute atomic E-state index is 0.189. The van der Waals surface area contributed by atoms with Gasteiger partial charge in [0, 0.05) is 29.8 Å². The molecule has 2 rings (SSSR count). The third-order valence-corrected chi connectivity index (χ3v) is 4.70. The number of benzene rings is 1. The van der Waals surface area contributed by atoms with Crippen LogP contribution in [-0.2, 0) is 20.0 Å². The lowest BCUT2D eigenvalue weighted by Crippen LogP contribution is -2.43. The highest BCUT2D eigenvalue weighted by Gasteiger charge is 2.14. The SMILES string of the molecule is CCNC(=NCc1cc(F)cc(Br)c1)NC(C)Cc1c(C)nn(C)c1C. The van der Waals surface area contributed by atoms with E-state index >= 15 is 0 Å². The zero-order valence-corrected chi connectivity index (χ0v) is 17.6. The lowest BCUT2D eigenvalue weighted by molar-refractivity contribution is 0.623. The van der Waals surface area contributed by atoms with Gasteiger partial charge in [-0.3, -0.25) is 4.68 Å². The summed E-state index contributed by atoms with van der Waals surface area (Å²) in [5, 5.41) is 11.1. The van der Waals surface area contributed by atoms with Crippen molar-refractivity contribution in [1.29, 1.82) is 0 Å². The van der Waals surface area contributed by atoms with Gasteiger partial charge < -0.3 is 10.6 Å². The minimum atomic E-state index is -0.265. The van der Waals surface area contributed by atoms with Gasteiger partial charge in [0.2, 0.25) is 0 Å². The van der Waals surface area contributed by atoms with E-state index in [-0.39, 0.29) is 11.9 Å². The van der Waals surface area contributed by atoms with Crippen molar-refractivity contribution in [1.82, 2.24) is 20.4 Å². The highest BCUT2D eigenvalue weighted by molar-refractivity contribution is 9.10. The van der Waals surface area contributed by atoms with Crippen LogP contribution in [0.25, 0.3) is 0 Å². The maximum absolute atomic E-state index is 13.5. The third-order valence-electron chi connectivity index (χ3n) is 4.24. The lowest BCUT2D eigenvalue weighted by Gasteiger charge is -2.18. The van der Waals surface area contributed by atoms with E-state index in [1.165, 1.54) is 23.4 Å². The number of hydrogen-bond acceptors (Lipinski definition) is 2. The number of aliphatic imine (C=N–C) groups is 1. The number of nitrogens with zero attached hydrogens (tertiary/aromatic N) is 3. The van der Waals surface area contributed by atoms with E-state index < -0.39 is 0 Å². The van der Waals surface area contributed by atoms with E-state index in [1.807, 2.05) is 31.6 Å². The Labute approximate surface area is 163 Å². The van der Waals surface area contributed by atoms with Crippen molar-refractivity contribution in [3.05, 3.63) is 51.0 Å². The Kier molecular flexibility index (Phi) is 7.20. The second-order valence-electron chi connectivity index (χ2n) is 6.50. The predicted molar refractivity (Wildman–Crippen MR) is 108 cm³/mol. The molecular weight excluding hydrogens is 397 g/mol. The molecule has 2 aromatic rings. The molecule has 5 nitrogen and oxygen atoms in total. The smallest absolute Gasteiger partial charge is 0.191 e. The van der Waals surface area contributed by atoms with Crippen LogP contribution in [0, 0.1) is 19.7 Å². The van der Waals surface area contributed by atoms with Gasteiger partial charge in [-0.15, -0.1) is 0 Å². The lowest BCUT2D eigenvalue weighted by atomic mass is 10.1. The molecule has 26 heavy (non-hydrogen) atoms. The first-order valence-corrected chi connectivity index (χ1v) is 9.58. The zero-order valence-electron chi connectivity index (χ0n) is 16.0. The first kappa shape index (κ1) is 20.4. The van der Waals surface area contributed by atoms with E-state index in [0.717, 1.165) is 34.7 Å². The second-order valence-corrected chi connectivity index (χ2v) is 7.41. The minimum Gasteiger partial charge on any atom is -0.357 e. The van der Waals surface area contributed by atoms with Crippen LogP contribution in [0.2, 0.25) is 0 Å². The molecule has 0 aliphatic heterocycles. The summed E-state index contributed by atoms with van der Waals surface area (Å²) in [5.41, 5.74) is 4.32. The predicted octanol–water partition coefficient (Wildman–Crippen LogP) is 3.62. The molecular formula is C19H27BrFN5. The van der Waals surface area contributed by atoms with Crippen molar-refractivity contribution >= 4 is 21.9 Å². The standard InChI is InChI=1S/C19H27BrFN5/c1-6-22-19(23-11-15-8-16(20)10-17(21)9-15)24-12(2)7-18-13(3)25-26(5)14(18)4/h8-10,12H,6-7,11H2,1-5H3,(H2,22,23,24). The van der Waals surface area contributed by atoms with Gasteiger partial charge in [0.1, 0.15) is 5.82 Å². The van der Waals surface area contributed by atoms with Crippen molar-refractivity contribution in [2.45, 2.75) is 46.7 Å². The molecule has 1 atom stereocenters. The largest absolute Gasteiger partial charge is 0.357 e. The first-order chi connectivity index (χ1) is 12.3. The molecule has 0 amide bonds. The van der Waals surface area contributed by atoms with Crippen LogP contribution in [0.1, 0.15) is 36.4 Å². The van der Waals surface area contributed by atoms with Crippen molar-refractivity contribution in [2.75, 3.05) is 6.54 Å². The van der Waals surface area contributed by atoms with Gasteiger partial charge in [0.25, 0.3) is 0 Å². The molecule has 0 saturated heterocycles. The summed E-state index contributed by atoms with van der Waals surface area (Å²) in [5.74, 6) is 0.456. The molecule has 0 saturated carbocycles. The van der Waals surface area contributed by atoms with E-state index in [9.17, 15) is 4.39 Å². The Morgan fingerprint density at radius 1 is 1.35 bits per heavy atom. The highest BCUT2D eigenvalue weighted by atomic mass is 79.9. The average Bonchev–Trinajstić information content (AvgIpc) is 2.78. The van der Waals surface area contributed by atoms with E-state index in [1.54, 1.807) is 0 Å². The van der Waals surface area contributed by atoms with Crippen molar-refractivity contribution < 1.29 is 4.39 Å². The summed E-state index contributed by atoms with van der Waals surface area (Å²) in [7, 11) is 1.96. The molecule has 0 radical (unpaired) electrons. The van der Waals surface area contributed by atoms with Crippen LogP contribution >= 0.6 is 15.9 Å². The fourth-order valence-electron chi connectivity index (χ4n) is 2.90. The fourth-order valence-corrected chi connectivity index (χ4v) is 3.41. The molecule has 7 heteroatoms. The molecule has 0 bridgehead atoms. The second kappa shape index (κ2) is 9.16. The van der Waals surface area contributed by atoms with Gasteiger partial charge >= 0.3 is 0 Å². The molecule has 1 aromatic heterocycles. The Balaban J connectivity index is 2.06. The van der Waals surface area contributed by atoms with E-state index in [4.69, 9.17) is 0 Å². The van der Waals surface area contributed by atoms with Crippen molar-refractivity contribution in [2.24, 2.45) is 12.0 Å². The summed E-state index contributed by atoms with van der Waals surface area (Å²) in [4.78, 5) is 4.58. The number of hydrogen-bond donors (Lipinski definition) is 2. The first-order valence-electron chi connectivity index (χ1n) is 8.79. The maximum Gasteiger partial charge on any atom is 0.191 e. The Hall–Kier alpha value is -1.89. The van der Waals surface area contributed by atoms with E-state index in [2.05, 4.69) is 50.5 Å². The maximum atomic E-state index is 13.5. The molecule has 142 valence electrons. The summed E-state index contributed by atoms with van der Waals surface area (Å²) in [6.07, 6.45) is 0.863. The monoisotopic (exact) mass is 423 g/mol. The topological polar surface area (TPSA) is 54.2 Å². The molecule has 2 N–H and O–H groups in total. The van der Waals surface area contributed by atoms with Crippen LogP contribution in [-0.4, -0.2) is 28.3 Å². The number of halogens is 2. The highest BCUT2D eigenvalue weighted by Crippen LogP contribution is 2.16. The number of nitrogens with one attached hydrogen (secondary N) is 2. The van der Waals surface area contributed by atoms with Crippen LogP contribution in [0.5, 0.6) is 0 Å². The van der Waals surface area contributed by atoms with Crippen LogP contribution in [0.15, 0.2) is 27.7 Å². The molecule has 0 spiro atoms. The number of aryl methyl sites for hydroxylation is 2. The number of aromatic nitrogens is 2. The molecule has 0 aliphatic rings. The van der Waals surface area contributed by atoms with Gasteiger partial charge in [0.05, 0.1) is 12.2 Å². The Bertz CT molecular complexity index is 764. The van der Waals surface area contributed by atoms with Gasteiger partial charge in [-0.05, 0) is 63.4 Å². The summed E-state index contributed by atoms with van der Waals surface area (Å²) in [6, 6.07) is 5.01. The van der Waals surface area contributed by atoms with Gasteiger partial charge in [-0.2, -0.15) is 5.10 Å². The van der Waals surface area contributed by atoms with Gasteiger partial charge in [-0.1, -0.05) is 15.9 Å². The Morgan fingerprint density at radius 2 is 2.08 bits per heavy atom. The number of rotatable bonds is 6. The van der Waals surface area contributed by atoms with Crippen LogP contribution in [0.3, 0.4) is 0 Å². The van der Waals surface area contributed by atoms with Crippen molar-refractivity contribution in [3.63, 3.8) is 0 Å². The van der Waals surface area contributed by atoms with E-state index in [0.29, 0.717) is 6.54 Å². The fraction of sp³-hybridized carbons (Fsp3) is 0.474. The third kappa shape index (κ3) is 5.56. The zero-order chi connectivity index (χ0) is 19.3. The Morgan fingerprint density at radius 3 is 2.65 bits per heavy atom. The summed E-state index contributed by atoms with van der Waals surface area (Å²) < 4.78 is 16.1. The number of guanidine groups is 1. The molecule has 0 fully saturated rings. The average molecular weight is 424 g/mol. The molecule has 1 aromatic carbocycles. The van der Waals surface area contributed by atoms with Gasteiger partial charge in [0.15, 0.2) is 5.96 Å². The molecule has 1 heterocycles. The van der Waals surface area contributed by atoms with Crippen LogP contribution in [0.4, 0.5) is 4.39 Å².